The highest BCUT2D eigenvalue weighted by Crippen LogP contribution is 2.19. The summed E-state index contributed by atoms with van der Waals surface area (Å²) in [7, 11) is 0. The Labute approximate surface area is 108 Å². The minimum atomic E-state index is -0.688. The molecule has 1 aromatic heterocycles. The first-order valence-corrected chi connectivity index (χ1v) is 6.39. The fourth-order valence-corrected chi connectivity index (χ4v) is 1.77. The topological polar surface area (TPSA) is 45.4 Å². The first-order chi connectivity index (χ1) is 8.49. The molecule has 0 radical (unpaired) electrons. The SMILES string of the molecule is CC(C)C(C)(O)CNCc1cc2ccccc2o1. The van der Waals surface area contributed by atoms with E-state index < -0.39 is 5.60 Å². The summed E-state index contributed by atoms with van der Waals surface area (Å²) in [5.41, 5.74) is 0.219. The molecule has 0 amide bonds. The largest absolute Gasteiger partial charge is 0.460 e. The average molecular weight is 247 g/mol. The van der Waals surface area contributed by atoms with Gasteiger partial charge in [-0.1, -0.05) is 32.0 Å². The monoisotopic (exact) mass is 247 g/mol. The molecular weight excluding hydrogens is 226 g/mol. The van der Waals surface area contributed by atoms with Crippen molar-refractivity contribution < 1.29 is 9.52 Å². The van der Waals surface area contributed by atoms with Gasteiger partial charge in [-0.15, -0.1) is 0 Å². The second-order valence-corrected chi connectivity index (χ2v) is 5.37. The Morgan fingerprint density at radius 3 is 2.72 bits per heavy atom. The van der Waals surface area contributed by atoms with Gasteiger partial charge < -0.3 is 14.8 Å². The maximum Gasteiger partial charge on any atom is 0.134 e. The number of para-hydroxylation sites is 1. The number of hydrogen-bond donors (Lipinski definition) is 2. The summed E-state index contributed by atoms with van der Waals surface area (Å²) in [6, 6.07) is 9.99. The second kappa shape index (κ2) is 5.12. The fourth-order valence-electron chi connectivity index (χ4n) is 1.77. The Morgan fingerprint density at radius 1 is 1.33 bits per heavy atom. The van der Waals surface area contributed by atoms with Crippen LogP contribution in [0.3, 0.4) is 0 Å². The number of fused-ring (bicyclic) bond motifs is 1. The van der Waals surface area contributed by atoms with Crippen molar-refractivity contribution in [3.63, 3.8) is 0 Å². The van der Waals surface area contributed by atoms with Crippen LogP contribution in [0.1, 0.15) is 26.5 Å². The zero-order valence-corrected chi connectivity index (χ0v) is 11.2. The number of rotatable bonds is 5. The van der Waals surface area contributed by atoms with Gasteiger partial charge in [-0.05, 0) is 25.0 Å². The summed E-state index contributed by atoms with van der Waals surface area (Å²) in [5, 5.41) is 14.5. The van der Waals surface area contributed by atoms with E-state index in [0.29, 0.717) is 13.1 Å². The molecule has 1 aromatic carbocycles. The number of aliphatic hydroxyl groups is 1. The van der Waals surface area contributed by atoms with Gasteiger partial charge >= 0.3 is 0 Å². The molecule has 0 aliphatic carbocycles. The second-order valence-electron chi connectivity index (χ2n) is 5.37. The maximum absolute atomic E-state index is 10.1. The van der Waals surface area contributed by atoms with Gasteiger partial charge in [0.15, 0.2) is 0 Å². The van der Waals surface area contributed by atoms with Crippen LogP contribution in [0.2, 0.25) is 0 Å². The molecule has 1 unspecified atom stereocenters. The smallest absolute Gasteiger partial charge is 0.134 e. The zero-order valence-electron chi connectivity index (χ0n) is 11.2. The van der Waals surface area contributed by atoms with Crippen molar-refractivity contribution >= 4 is 11.0 Å². The minimum absolute atomic E-state index is 0.223. The van der Waals surface area contributed by atoms with Gasteiger partial charge in [0.25, 0.3) is 0 Å². The number of hydrogen-bond acceptors (Lipinski definition) is 3. The molecule has 2 aromatic rings. The highest BCUT2D eigenvalue weighted by molar-refractivity contribution is 5.77. The molecule has 0 saturated carbocycles. The van der Waals surface area contributed by atoms with Crippen molar-refractivity contribution in [3.05, 3.63) is 36.1 Å². The Bertz CT molecular complexity index is 481. The lowest BCUT2D eigenvalue weighted by Crippen LogP contribution is -2.41. The summed E-state index contributed by atoms with van der Waals surface area (Å²) >= 11 is 0. The molecule has 0 spiro atoms. The molecule has 2 rings (SSSR count). The van der Waals surface area contributed by atoms with Crippen LogP contribution in [0, 0.1) is 5.92 Å². The van der Waals surface area contributed by atoms with E-state index in [1.54, 1.807) is 0 Å². The van der Waals surface area contributed by atoms with Gasteiger partial charge in [-0.2, -0.15) is 0 Å². The Kier molecular flexibility index (Phi) is 3.73. The van der Waals surface area contributed by atoms with E-state index in [9.17, 15) is 5.11 Å². The highest BCUT2D eigenvalue weighted by Gasteiger charge is 2.24. The third kappa shape index (κ3) is 2.92. The van der Waals surface area contributed by atoms with Crippen molar-refractivity contribution in [1.82, 2.24) is 5.32 Å². The molecule has 18 heavy (non-hydrogen) atoms. The van der Waals surface area contributed by atoms with E-state index in [-0.39, 0.29) is 5.92 Å². The van der Waals surface area contributed by atoms with Gasteiger partial charge in [0, 0.05) is 11.9 Å². The van der Waals surface area contributed by atoms with Crippen LogP contribution in [-0.2, 0) is 6.54 Å². The molecular formula is C15H21NO2. The van der Waals surface area contributed by atoms with Gasteiger partial charge in [0.1, 0.15) is 11.3 Å². The van der Waals surface area contributed by atoms with Crippen molar-refractivity contribution in [3.8, 4) is 0 Å². The van der Waals surface area contributed by atoms with Crippen molar-refractivity contribution in [2.75, 3.05) is 6.54 Å². The molecule has 0 aliphatic heterocycles. The number of nitrogens with one attached hydrogen (secondary N) is 1. The Hall–Kier alpha value is -1.32. The normalized spacial score (nSPS) is 15.2. The summed E-state index contributed by atoms with van der Waals surface area (Å²) in [6.07, 6.45) is 0. The van der Waals surface area contributed by atoms with Crippen molar-refractivity contribution in [1.29, 1.82) is 0 Å². The van der Waals surface area contributed by atoms with Gasteiger partial charge in [-0.25, -0.2) is 0 Å². The molecule has 98 valence electrons. The van der Waals surface area contributed by atoms with Gasteiger partial charge in [-0.3, -0.25) is 0 Å². The van der Waals surface area contributed by atoms with Crippen molar-refractivity contribution in [2.24, 2.45) is 5.92 Å². The summed E-state index contributed by atoms with van der Waals surface area (Å²) in [4.78, 5) is 0. The molecule has 3 heteroatoms. The van der Waals surface area contributed by atoms with Crippen LogP contribution >= 0.6 is 0 Å². The summed E-state index contributed by atoms with van der Waals surface area (Å²) < 4.78 is 5.70. The molecule has 0 bridgehead atoms. The van der Waals surface area contributed by atoms with Gasteiger partial charge in [0.2, 0.25) is 0 Å². The van der Waals surface area contributed by atoms with Crippen LogP contribution in [0.5, 0.6) is 0 Å². The molecule has 2 N–H and O–H groups in total. The van der Waals surface area contributed by atoms with Gasteiger partial charge in [0.05, 0.1) is 12.1 Å². The third-order valence-electron chi connectivity index (χ3n) is 3.50. The van der Waals surface area contributed by atoms with E-state index in [0.717, 1.165) is 16.7 Å². The third-order valence-corrected chi connectivity index (χ3v) is 3.50. The average Bonchev–Trinajstić information content (AvgIpc) is 2.70. The standard InChI is InChI=1S/C15H21NO2/c1-11(2)15(3,17)10-16-9-13-8-12-6-4-5-7-14(12)18-13/h4-8,11,16-17H,9-10H2,1-3H3. The molecule has 0 saturated heterocycles. The van der Waals surface area contributed by atoms with Crippen LogP contribution in [-0.4, -0.2) is 17.3 Å². The van der Waals surface area contributed by atoms with E-state index in [1.165, 1.54) is 0 Å². The lowest BCUT2D eigenvalue weighted by molar-refractivity contribution is 0.0137. The zero-order chi connectivity index (χ0) is 13.2. The predicted octanol–water partition coefficient (Wildman–Crippen LogP) is 2.93. The van der Waals surface area contributed by atoms with E-state index in [1.807, 2.05) is 51.1 Å². The Morgan fingerprint density at radius 2 is 2.06 bits per heavy atom. The lowest BCUT2D eigenvalue weighted by atomic mass is 9.92. The molecule has 0 aliphatic rings. The van der Waals surface area contributed by atoms with Crippen molar-refractivity contribution in [2.45, 2.75) is 32.9 Å². The van der Waals surface area contributed by atoms with E-state index in [4.69, 9.17) is 4.42 Å². The summed E-state index contributed by atoms with van der Waals surface area (Å²) in [5.74, 6) is 1.12. The Balaban J connectivity index is 1.94. The molecule has 1 heterocycles. The highest BCUT2D eigenvalue weighted by atomic mass is 16.3. The van der Waals surface area contributed by atoms with E-state index in [2.05, 4.69) is 5.32 Å². The molecule has 0 fully saturated rings. The van der Waals surface area contributed by atoms with E-state index >= 15 is 0 Å². The molecule has 3 nitrogen and oxygen atoms in total. The van der Waals surface area contributed by atoms with Crippen LogP contribution in [0.25, 0.3) is 11.0 Å². The maximum atomic E-state index is 10.1. The van der Waals surface area contributed by atoms with Crippen LogP contribution < -0.4 is 5.32 Å². The van der Waals surface area contributed by atoms with Crippen LogP contribution in [0.15, 0.2) is 34.7 Å². The molecule has 1 atom stereocenters. The quantitative estimate of drug-likeness (QED) is 0.854. The first-order valence-electron chi connectivity index (χ1n) is 6.39. The predicted molar refractivity (Wildman–Crippen MR) is 73.4 cm³/mol. The van der Waals surface area contributed by atoms with Crippen LogP contribution in [0.4, 0.5) is 0 Å². The fraction of sp³-hybridized carbons (Fsp3) is 0.467. The number of furan rings is 1. The minimum Gasteiger partial charge on any atom is -0.460 e. The number of benzene rings is 1. The lowest BCUT2D eigenvalue weighted by Gasteiger charge is -2.27. The first kappa shape index (κ1) is 13.1. The summed E-state index contributed by atoms with van der Waals surface area (Å²) in [6.45, 7) is 7.08.